The molecule has 6 rings (SSSR count). The highest BCUT2D eigenvalue weighted by molar-refractivity contribution is 8.00. The first kappa shape index (κ1) is 53.9. The molecular weight excluding hydrogens is 951 g/mol. The van der Waals surface area contributed by atoms with Crippen molar-refractivity contribution in [1.29, 1.82) is 0 Å². The number of H-pyrrole nitrogens is 1. The Morgan fingerprint density at radius 3 is 2.29 bits per heavy atom. The van der Waals surface area contributed by atoms with E-state index >= 15 is 4.79 Å². The molecule has 6 atom stereocenters. The number of benzene rings is 3. The van der Waals surface area contributed by atoms with Crippen LogP contribution in [0.2, 0.25) is 0 Å². The van der Waals surface area contributed by atoms with E-state index in [1.165, 1.54) is 29.8 Å². The van der Waals surface area contributed by atoms with E-state index in [0.29, 0.717) is 11.3 Å². The zero-order chi connectivity index (χ0) is 52.1. The summed E-state index contributed by atoms with van der Waals surface area (Å²) in [6, 6.07) is 19.0. The predicted octanol–water partition coefficient (Wildman–Crippen LogP) is 3.89. The number of nitrogens with zero attached hydrogens (tertiary/aromatic N) is 5. The Balaban J connectivity index is 1.14. The lowest BCUT2D eigenvalue weighted by Gasteiger charge is -2.35. The van der Waals surface area contributed by atoms with Gasteiger partial charge in [-0.3, -0.25) is 43.1 Å². The minimum Gasteiger partial charge on any atom is -0.483 e. The summed E-state index contributed by atoms with van der Waals surface area (Å²) >= 11 is 1.36. The molecule has 382 valence electrons. The van der Waals surface area contributed by atoms with Crippen LogP contribution in [0.15, 0.2) is 93.7 Å². The Morgan fingerprint density at radius 1 is 0.889 bits per heavy atom. The number of hydrogen-bond donors (Lipinski definition) is 4. The second-order valence-corrected chi connectivity index (χ2v) is 19.7. The standard InChI is InChI=1S/C50H59N9O12S/c1-29-13-10-11-18-34(29)23-53-47(65)45-50(5,6)72-28-59(45)48(66)44(36(21-33-16-8-7-9-17-33)54-39(61)27-69-43-30(2)14-12-15-31(43)3)71-41(62)20-19-38(60)52-24-42(63)68-26-37-35(56-57-51)22-40(70-37)58-25-32(4)46(64)55-49(58)67/h7-18,25,35-37,40,44-45H,19-24,26-28H2,1-6H3,(H,52,60)(H,53,65)(H,54,61)(H,55,64,67)/t35-,36-,37+,40+,44-,45+/m0/s1. The van der Waals surface area contributed by atoms with Crippen molar-refractivity contribution >= 4 is 47.3 Å². The molecule has 0 saturated carbocycles. The third kappa shape index (κ3) is 14.1. The van der Waals surface area contributed by atoms with Crippen LogP contribution in [0, 0.1) is 27.7 Å². The van der Waals surface area contributed by atoms with Gasteiger partial charge in [0.25, 0.3) is 17.4 Å². The zero-order valence-electron chi connectivity index (χ0n) is 40.9. The highest BCUT2D eigenvalue weighted by Crippen LogP contribution is 2.40. The van der Waals surface area contributed by atoms with Crippen LogP contribution in [0.25, 0.3) is 10.4 Å². The second-order valence-electron chi connectivity index (χ2n) is 18.1. The number of nitrogens with one attached hydrogen (secondary N) is 4. The fraction of sp³-hybridized carbons (Fsp3) is 0.440. The van der Waals surface area contributed by atoms with E-state index in [1.54, 1.807) is 30.3 Å². The highest BCUT2D eigenvalue weighted by atomic mass is 32.2. The number of aromatic amines is 1. The molecular formula is C50H59N9O12S. The number of rotatable bonds is 21. The molecule has 21 nitrogen and oxygen atoms in total. The summed E-state index contributed by atoms with van der Waals surface area (Å²) in [6.45, 7) is 9.52. The van der Waals surface area contributed by atoms with Crippen molar-refractivity contribution in [3.63, 3.8) is 0 Å². The molecule has 2 aliphatic heterocycles. The van der Waals surface area contributed by atoms with Gasteiger partial charge >= 0.3 is 17.6 Å². The van der Waals surface area contributed by atoms with Gasteiger partial charge < -0.3 is 39.8 Å². The number of esters is 2. The summed E-state index contributed by atoms with van der Waals surface area (Å²) in [5, 5.41) is 11.9. The Labute approximate surface area is 419 Å². The van der Waals surface area contributed by atoms with Crippen LogP contribution < -0.4 is 31.9 Å². The largest absolute Gasteiger partial charge is 0.483 e. The topological polar surface area (TPSA) is 282 Å². The van der Waals surface area contributed by atoms with E-state index in [0.717, 1.165) is 26.8 Å². The molecule has 0 bridgehead atoms. The predicted molar refractivity (Wildman–Crippen MR) is 264 cm³/mol. The molecule has 72 heavy (non-hydrogen) atoms. The van der Waals surface area contributed by atoms with Gasteiger partial charge in [0.2, 0.25) is 17.9 Å². The fourth-order valence-electron chi connectivity index (χ4n) is 8.41. The van der Waals surface area contributed by atoms with Crippen LogP contribution in [-0.4, -0.2) is 111 Å². The lowest BCUT2D eigenvalue weighted by Crippen LogP contribution is -2.60. The van der Waals surface area contributed by atoms with Gasteiger partial charge in [-0.1, -0.05) is 77.9 Å². The van der Waals surface area contributed by atoms with Gasteiger partial charge in [0.1, 0.15) is 37.3 Å². The lowest BCUT2D eigenvalue weighted by molar-refractivity contribution is -0.164. The average Bonchev–Trinajstić information content (AvgIpc) is 3.90. The van der Waals surface area contributed by atoms with Gasteiger partial charge in [0, 0.05) is 40.8 Å². The number of carbonyl (C=O) groups excluding carboxylic acids is 6. The van der Waals surface area contributed by atoms with Crippen LogP contribution in [0.3, 0.4) is 0 Å². The number of para-hydroxylation sites is 1. The van der Waals surface area contributed by atoms with Crippen molar-refractivity contribution in [2.24, 2.45) is 5.11 Å². The van der Waals surface area contributed by atoms with Crippen molar-refractivity contribution in [3.8, 4) is 5.75 Å². The molecule has 0 spiro atoms. The molecule has 0 radical (unpaired) electrons. The smallest absolute Gasteiger partial charge is 0.330 e. The fourth-order valence-corrected chi connectivity index (χ4v) is 9.55. The number of azide groups is 1. The molecule has 4 aromatic rings. The van der Waals surface area contributed by atoms with Crippen LogP contribution in [0.5, 0.6) is 5.75 Å². The quantitative estimate of drug-likeness (QED) is 0.0400. The van der Waals surface area contributed by atoms with Crippen molar-refractivity contribution in [3.05, 3.63) is 144 Å². The minimum absolute atomic E-state index is 0.0122. The molecule has 22 heteroatoms. The summed E-state index contributed by atoms with van der Waals surface area (Å²) < 4.78 is 23.4. The van der Waals surface area contributed by atoms with E-state index in [9.17, 15) is 33.6 Å². The van der Waals surface area contributed by atoms with Crippen molar-refractivity contribution in [2.75, 3.05) is 25.6 Å². The van der Waals surface area contributed by atoms with E-state index < -0.39 is 121 Å². The molecule has 2 saturated heterocycles. The van der Waals surface area contributed by atoms with Gasteiger partial charge in [-0.2, -0.15) is 0 Å². The van der Waals surface area contributed by atoms with Crippen LogP contribution in [0.4, 0.5) is 0 Å². The van der Waals surface area contributed by atoms with E-state index in [4.69, 9.17) is 24.5 Å². The molecule has 2 fully saturated rings. The maximum Gasteiger partial charge on any atom is 0.330 e. The molecule has 1 aromatic heterocycles. The Morgan fingerprint density at radius 2 is 1.58 bits per heavy atom. The van der Waals surface area contributed by atoms with Crippen LogP contribution in [-0.2, 0) is 55.9 Å². The average molecular weight is 1010 g/mol. The lowest BCUT2D eigenvalue weighted by atomic mass is 9.96. The number of carbonyl (C=O) groups is 6. The monoisotopic (exact) mass is 1010 g/mol. The molecule has 3 heterocycles. The third-order valence-corrected chi connectivity index (χ3v) is 13.7. The summed E-state index contributed by atoms with van der Waals surface area (Å²) in [6.07, 6.45) is -3.28. The Hall–Kier alpha value is -7.42. The summed E-state index contributed by atoms with van der Waals surface area (Å²) in [7, 11) is 0. The molecule has 4 N–H and O–H groups in total. The number of ether oxygens (including phenoxy) is 4. The third-order valence-electron chi connectivity index (χ3n) is 12.3. The zero-order valence-corrected chi connectivity index (χ0v) is 41.7. The number of aryl methyl sites for hydroxylation is 4. The van der Waals surface area contributed by atoms with Gasteiger partial charge in [-0.15, -0.1) is 11.8 Å². The number of hydrogen-bond acceptors (Lipinski definition) is 14. The van der Waals surface area contributed by atoms with Crippen molar-refractivity contribution < 1.29 is 47.7 Å². The molecule has 0 aliphatic carbocycles. The van der Waals surface area contributed by atoms with Gasteiger partial charge in [0.15, 0.2) is 6.61 Å². The number of thioether (sulfide) groups is 1. The molecule has 4 amide bonds. The summed E-state index contributed by atoms with van der Waals surface area (Å²) in [4.78, 5) is 113. The summed E-state index contributed by atoms with van der Waals surface area (Å²) in [5.74, 6) is -3.85. The van der Waals surface area contributed by atoms with Gasteiger partial charge in [-0.25, -0.2) is 4.79 Å². The summed E-state index contributed by atoms with van der Waals surface area (Å²) in [5.41, 5.74) is 12.2. The number of aromatic nitrogens is 2. The van der Waals surface area contributed by atoms with Crippen LogP contribution in [0.1, 0.15) is 72.7 Å². The van der Waals surface area contributed by atoms with Gasteiger partial charge in [-0.05, 0) is 81.3 Å². The van der Waals surface area contributed by atoms with Crippen molar-refractivity contribution in [2.45, 2.75) is 115 Å². The molecule has 2 aliphatic rings. The van der Waals surface area contributed by atoms with E-state index in [2.05, 4.69) is 31.0 Å². The SMILES string of the molecule is Cc1ccccc1CNC(=O)[C@H]1N(C(=O)[C@@H](OC(=O)CCC(=O)NCC(=O)OC[C@H]2O[C@@H](n3cc(C)c(=O)[nH]c3=O)C[C@@H]2N=[N+]=[N-])[C@H](Cc2ccccc2)NC(=O)COc2c(C)cccc2C)CSC1(C)C. The first-order chi connectivity index (χ1) is 34.3. The Bertz CT molecular complexity index is 2790. The highest BCUT2D eigenvalue weighted by Gasteiger charge is 2.51. The second kappa shape index (κ2) is 24.6. The van der Waals surface area contributed by atoms with E-state index in [1.807, 2.05) is 77.1 Å². The maximum atomic E-state index is 15.0. The van der Waals surface area contributed by atoms with E-state index in [-0.39, 0.29) is 30.8 Å². The van der Waals surface area contributed by atoms with Crippen LogP contribution >= 0.6 is 11.8 Å². The normalized spacial score (nSPS) is 18.7. The first-order valence-corrected chi connectivity index (χ1v) is 24.3. The van der Waals surface area contributed by atoms with Gasteiger partial charge in [0.05, 0.1) is 24.4 Å². The van der Waals surface area contributed by atoms with Crippen molar-refractivity contribution in [1.82, 2.24) is 30.4 Å². The Kier molecular flexibility index (Phi) is 18.4. The number of amides is 4. The molecule has 3 aromatic carbocycles. The first-order valence-electron chi connectivity index (χ1n) is 23.3. The maximum absolute atomic E-state index is 15.0. The molecule has 0 unspecified atom stereocenters. The minimum atomic E-state index is -1.69.